The highest BCUT2D eigenvalue weighted by Crippen LogP contribution is 2.38. The molecule has 0 aliphatic carbocycles. The first-order chi connectivity index (χ1) is 8.54. The maximum Gasteiger partial charge on any atom is 0.163 e. The van der Waals surface area contributed by atoms with Crippen LogP contribution in [0.15, 0.2) is 18.2 Å². The zero-order valence-electron chi connectivity index (χ0n) is 9.64. The summed E-state index contributed by atoms with van der Waals surface area (Å²) in [6.07, 6.45) is -0.678. The Morgan fingerprint density at radius 2 is 2.06 bits per heavy atom. The highest BCUT2D eigenvalue weighted by molar-refractivity contribution is 5.29. The van der Waals surface area contributed by atoms with Crippen molar-refractivity contribution in [2.24, 2.45) is 11.7 Å². The van der Waals surface area contributed by atoms with Gasteiger partial charge in [-0.3, -0.25) is 0 Å². The average Bonchev–Trinajstić information content (AvgIpc) is 2.70. The molecule has 3 atom stereocenters. The van der Waals surface area contributed by atoms with E-state index in [-0.39, 0.29) is 25.4 Å². The van der Waals surface area contributed by atoms with Gasteiger partial charge in [-0.25, -0.2) is 8.78 Å². The first-order valence-electron chi connectivity index (χ1n) is 5.61. The molecule has 0 aromatic heterocycles. The second kappa shape index (κ2) is 4.89. The van der Waals surface area contributed by atoms with Crippen LogP contribution in [0.25, 0.3) is 0 Å². The lowest BCUT2D eigenvalue weighted by Crippen LogP contribution is -2.48. The van der Waals surface area contributed by atoms with Gasteiger partial charge in [0.05, 0.1) is 31.5 Å². The van der Waals surface area contributed by atoms with Crippen LogP contribution in [0, 0.1) is 17.6 Å². The van der Waals surface area contributed by atoms with Gasteiger partial charge in [0.25, 0.3) is 0 Å². The highest BCUT2D eigenvalue weighted by Gasteiger charge is 2.49. The molecule has 0 radical (unpaired) electrons. The van der Waals surface area contributed by atoms with Gasteiger partial charge in [-0.05, 0) is 6.07 Å². The second-order valence-corrected chi connectivity index (χ2v) is 4.46. The fourth-order valence-corrected chi connectivity index (χ4v) is 2.40. The third-order valence-corrected chi connectivity index (χ3v) is 3.48. The van der Waals surface area contributed by atoms with Gasteiger partial charge in [-0.2, -0.15) is 0 Å². The van der Waals surface area contributed by atoms with Gasteiger partial charge in [0.15, 0.2) is 11.6 Å². The predicted octanol–water partition coefficient (Wildman–Crippen LogP) is 0.118. The van der Waals surface area contributed by atoms with Crippen molar-refractivity contribution in [3.8, 4) is 0 Å². The number of benzene rings is 1. The maximum absolute atomic E-state index is 13.8. The van der Waals surface area contributed by atoms with Crippen LogP contribution in [0.2, 0.25) is 0 Å². The molecule has 1 aromatic carbocycles. The summed E-state index contributed by atoms with van der Waals surface area (Å²) < 4.78 is 32.3. The molecule has 0 saturated carbocycles. The van der Waals surface area contributed by atoms with Gasteiger partial charge in [-0.1, -0.05) is 12.1 Å². The molecule has 1 heterocycles. The van der Waals surface area contributed by atoms with Crippen LogP contribution in [-0.4, -0.2) is 36.1 Å². The van der Waals surface area contributed by atoms with E-state index in [0.29, 0.717) is 0 Å². The minimum Gasteiger partial charge on any atom is -0.396 e. The zero-order valence-corrected chi connectivity index (χ0v) is 9.64. The average molecular weight is 259 g/mol. The smallest absolute Gasteiger partial charge is 0.163 e. The topological polar surface area (TPSA) is 75.7 Å². The quantitative estimate of drug-likeness (QED) is 0.720. The van der Waals surface area contributed by atoms with Crippen molar-refractivity contribution in [2.45, 2.75) is 11.6 Å². The largest absolute Gasteiger partial charge is 0.396 e. The SMILES string of the molecule is N[C@@]1(c2cccc(F)c2F)CO[C@H](CO)[C@H]1CO. The molecule has 0 spiro atoms. The number of ether oxygens (including phenoxy) is 1. The van der Waals surface area contributed by atoms with Crippen molar-refractivity contribution in [3.63, 3.8) is 0 Å². The maximum atomic E-state index is 13.8. The Kier molecular flexibility index (Phi) is 3.63. The van der Waals surface area contributed by atoms with Gasteiger partial charge in [0.1, 0.15) is 0 Å². The molecule has 100 valence electrons. The van der Waals surface area contributed by atoms with Crippen LogP contribution in [0.1, 0.15) is 5.56 Å². The number of hydrogen-bond acceptors (Lipinski definition) is 4. The van der Waals surface area contributed by atoms with Gasteiger partial charge in [0, 0.05) is 11.5 Å². The fraction of sp³-hybridized carbons (Fsp3) is 0.500. The Bertz CT molecular complexity index is 443. The van der Waals surface area contributed by atoms with Crippen molar-refractivity contribution < 1.29 is 23.7 Å². The molecule has 1 aliphatic heterocycles. The Balaban J connectivity index is 2.45. The second-order valence-electron chi connectivity index (χ2n) is 4.46. The molecule has 0 bridgehead atoms. The van der Waals surface area contributed by atoms with Crippen molar-refractivity contribution in [2.75, 3.05) is 19.8 Å². The Morgan fingerprint density at radius 3 is 2.67 bits per heavy atom. The molecule has 1 aromatic rings. The van der Waals surface area contributed by atoms with E-state index in [1.165, 1.54) is 12.1 Å². The molecule has 1 saturated heterocycles. The predicted molar refractivity (Wildman–Crippen MR) is 59.6 cm³/mol. The van der Waals surface area contributed by atoms with Crippen LogP contribution in [-0.2, 0) is 10.3 Å². The minimum atomic E-state index is -1.34. The Labute approximate surface area is 103 Å². The van der Waals surface area contributed by atoms with E-state index in [2.05, 4.69) is 0 Å². The number of halogens is 2. The van der Waals surface area contributed by atoms with E-state index in [1.54, 1.807) is 0 Å². The van der Waals surface area contributed by atoms with Crippen LogP contribution in [0.5, 0.6) is 0 Å². The summed E-state index contributed by atoms with van der Waals surface area (Å²) >= 11 is 0. The molecule has 4 nitrogen and oxygen atoms in total. The third-order valence-electron chi connectivity index (χ3n) is 3.48. The normalized spacial score (nSPS) is 31.8. The summed E-state index contributed by atoms with van der Waals surface area (Å²) in [4.78, 5) is 0. The number of aliphatic hydroxyl groups is 2. The van der Waals surface area contributed by atoms with E-state index in [4.69, 9.17) is 15.6 Å². The van der Waals surface area contributed by atoms with E-state index in [9.17, 15) is 13.9 Å². The lowest BCUT2D eigenvalue weighted by atomic mass is 9.79. The number of aliphatic hydroxyl groups excluding tert-OH is 2. The summed E-state index contributed by atoms with van der Waals surface area (Å²) in [5.41, 5.74) is 4.69. The molecule has 18 heavy (non-hydrogen) atoms. The molecule has 6 heteroatoms. The lowest BCUT2D eigenvalue weighted by Gasteiger charge is -2.30. The first-order valence-corrected chi connectivity index (χ1v) is 5.61. The Morgan fingerprint density at radius 1 is 1.33 bits per heavy atom. The van der Waals surface area contributed by atoms with E-state index in [1.807, 2.05) is 0 Å². The van der Waals surface area contributed by atoms with E-state index < -0.39 is 29.2 Å². The van der Waals surface area contributed by atoms with Crippen LogP contribution in [0.3, 0.4) is 0 Å². The fourth-order valence-electron chi connectivity index (χ4n) is 2.40. The summed E-state index contributed by atoms with van der Waals surface area (Å²) in [7, 11) is 0. The Hall–Kier alpha value is -1.08. The molecule has 0 unspecified atom stereocenters. The first kappa shape index (κ1) is 13.4. The number of rotatable bonds is 3. The molecule has 0 amide bonds. The van der Waals surface area contributed by atoms with Crippen molar-refractivity contribution in [1.82, 2.24) is 0 Å². The van der Waals surface area contributed by atoms with Crippen LogP contribution < -0.4 is 5.73 Å². The van der Waals surface area contributed by atoms with Gasteiger partial charge < -0.3 is 20.7 Å². The van der Waals surface area contributed by atoms with Crippen molar-refractivity contribution in [3.05, 3.63) is 35.4 Å². The van der Waals surface area contributed by atoms with Gasteiger partial charge in [-0.15, -0.1) is 0 Å². The molecule has 1 aliphatic rings. The lowest BCUT2D eigenvalue weighted by molar-refractivity contribution is 0.0266. The van der Waals surface area contributed by atoms with Crippen LogP contribution in [0.4, 0.5) is 8.78 Å². The standard InChI is InChI=1S/C12H15F2NO3/c13-9-3-1-2-7(11(9)14)12(15)6-18-10(5-17)8(12)4-16/h1-3,8,10,16-17H,4-6,15H2/t8-,10-,12-/m1/s1. The number of nitrogens with two attached hydrogens (primary N) is 1. The molecule has 2 rings (SSSR count). The monoisotopic (exact) mass is 259 g/mol. The zero-order chi connectivity index (χ0) is 13.3. The summed E-state index contributed by atoms with van der Waals surface area (Å²) in [6, 6.07) is 3.71. The van der Waals surface area contributed by atoms with Crippen molar-refractivity contribution in [1.29, 1.82) is 0 Å². The molecule has 4 N–H and O–H groups in total. The summed E-state index contributed by atoms with van der Waals surface area (Å²) in [6.45, 7) is -0.789. The summed E-state index contributed by atoms with van der Waals surface area (Å²) in [5.74, 6) is -2.72. The number of hydrogen-bond donors (Lipinski definition) is 3. The highest BCUT2D eigenvalue weighted by atomic mass is 19.2. The minimum absolute atomic E-state index is 0.0440. The summed E-state index contributed by atoms with van der Waals surface area (Å²) in [5, 5.41) is 18.4. The van der Waals surface area contributed by atoms with Gasteiger partial charge >= 0.3 is 0 Å². The van der Waals surface area contributed by atoms with Crippen LogP contribution >= 0.6 is 0 Å². The third kappa shape index (κ3) is 1.91. The van der Waals surface area contributed by atoms with Gasteiger partial charge in [0.2, 0.25) is 0 Å². The molecule has 1 fully saturated rings. The molecular formula is C12H15F2NO3. The molecular weight excluding hydrogens is 244 g/mol. The van der Waals surface area contributed by atoms with E-state index >= 15 is 0 Å². The van der Waals surface area contributed by atoms with Crippen molar-refractivity contribution >= 4 is 0 Å². The van der Waals surface area contributed by atoms with E-state index in [0.717, 1.165) is 6.07 Å².